The molecule has 0 spiro atoms. The van der Waals surface area contributed by atoms with E-state index in [1.807, 2.05) is 37.3 Å². The van der Waals surface area contributed by atoms with Gasteiger partial charge in [-0.1, -0.05) is 25.1 Å². The first-order chi connectivity index (χ1) is 11.6. The molecule has 0 fully saturated rings. The quantitative estimate of drug-likeness (QED) is 0.546. The molecule has 0 aromatic heterocycles. The average Bonchev–Trinajstić information content (AvgIpc) is 2.60. The van der Waals surface area contributed by atoms with Crippen LogP contribution in [0.2, 0.25) is 0 Å². The molecule has 24 heavy (non-hydrogen) atoms. The molecule has 4 nitrogen and oxygen atoms in total. The summed E-state index contributed by atoms with van der Waals surface area (Å²) in [6, 6.07) is 14.9. The molecule has 2 aromatic rings. The number of phenols is 1. The Morgan fingerprint density at radius 1 is 1.17 bits per heavy atom. The number of hydrogen-bond acceptors (Lipinski definition) is 4. The molecule has 0 aliphatic rings. The molecule has 2 rings (SSSR count). The van der Waals surface area contributed by atoms with E-state index in [4.69, 9.17) is 4.74 Å². The Balaban J connectivity index is 1.71. The van der Waals surface area contributed by atoms with E-state index in [0.29, 0.717) is 25.3 Å². The van der Waals surface area contributed by atoms with Gasteiger partial charge in [-0.2, -0.15) is 0 Å². The number of rotatable bonds is 9. The molecular weight excluding hydrogens is 302 g/mol. The Bertz CT molecular complexity index is 652. The number of ketones is 1. The fourth-order valence-corrected chi connectivity index (χ4v) is 2.50. The van der Waals surface area contributed by atoms with Gasteiger partial charge in [0, 0.05) is 24.6 Å². The highest BCUT2D eigenvalue weighted by atomic mass is 16.5. The lowest BCUT2D eigenvalue weighted by molar-refractivity contribution is 0.0988. The van der Waals surface area contributed by atoms with Gasteiger partial charge in [-0.3, -0.25) is 4.79 Å². The Morgan fingerprint density at radius 3 is 2.54 bits per heavy atom. The summed E-state index contributed by atoms with van der Waals surface area (Å²) in [4.78, 5) is 11.6. The van der Waals surface area contributed by atoms with Crippen molar-refractivity contribution in [3.8, 4) is 11.5 Å². The summed E-state index contributed by atoms with van der Waals surface area (Å²) in [7, 11) is 0. The second-order valence-electron chi connectivity index (χ2n) is 5.84. The molecule has 1 unspecified atom stereocenters. The first-order valence-electron chi connectivity index (χ1n) is 8.36. The minimum atomic E-state index is 0.140. The lowest BCUT2D eigenvalue weighted by Crippen LogP contribution is -2.31. The topological polar surface area (TPSA) is 58.6 Å². The number of aromatic hydroxyl groups is 1. The number of carbonyl (C=O) groups excluding carboxylic acids is 1. The van der Waals surface area contributed by atoms with Crippen molar-refractivity contribution < 1.29 is 14.6 Å². The van der Waals surface area contributed by atoms with Crippen LogP contribution in [0.25, 0.3) is 0 Å². The number of benzene rings is 2. The van der Waals surface area contributed by atoms with Gasteiger partial charge in [0.1, 0.15) is 18.1 Å². The lowest BCUT2D eigenvalue weighted by Gasteiger charge is -2.15. The van der Waals surface area contributed by atoms with E-state index in [0.717, 1.165) is 23.3 Å². The normalized spacial score (nSPS) is 11.9. The number of carbonyl (C=O) groups is 1. The fourth-order valence-electron chi connectivity index (χ4n) is 2.50. The molecule has 0 amide bonds. The highest BCUT2D eigenvalue weighted by molar-refractivity contribution is 5.95. The SMILES string of the molecule is CCC(=O)c1ccc(OCCNC(C)Cc2ccccc2O)cc1. The average molecular weight is 327 g/mol. The molecule has 0 heterocycles. The summed E-state index contributed by atoms with van der Waals surface area (Å²) in [5.41, 5.74) is 1.66. The molecule has 0 bridgehead atoms. The Hall–Kier alpha value is -2.33. The molecule has 0 saturated carbocycles. The zero-order valence-corrected chi connectivity index (χ0v) is 14.3. The predicted molar refractivity (Wildman–Crippen MR) is 95.8 cm³/mol. The van der Waals surface area contributed by atoms with E-state index >= 15 is 0 Å². The largest absolute Gasteiger partial charge is 0.508 e. The third-order valence-electron chi connectivity index (χ3n) is 3.88. The van der Waals surface area contributed by atoms with Crippen LogP contribution in [0, 0.1) is 0 Å². The van der Waals surface area contributed by atoms with Crippen LogP contribution in [0.3, 0.4) is 0 Å². The summed E-state index contributed by atoms with van der Waals surface area (Å²) >= 11 is 0. The third kappa shape index (κ3) is 5.39. The van der Waals surface area contributed by atoms with Crippen molar-refractivity contribution in [3.05, 3.63) is 59.7 Å². The van der Waals surface area contributed by atoms with Gasteiger partial charge in [0.25, 0.3) is 0 Å². The van der Waals surface area contributed by atoms with Gasteiger partial charge in [-0.05, 0) is 49.2 Å². The third-order valence-corrected chi connectivity index (χ3v) is 3.88. The fraction of sp³-hybridized carbons (Fsp3) is 0.350. The lowest BCUT2D eigenvalue weighted by atomic mass is 10.1. The van der Waals surface area contributed by atoms with Crippen LogP contribution in [-0.2, 0) is 6.42 Å². The summed E-state index contributed by atoms with van der Waals surface area (Å²) in [6.07, 6.45) is 1.28. The van der Waals surface area contributed by atoms with Crippen LogP contribution >= 0.6 is 0 Å². The number of ether oxygens (including phenoxy) is 1. The Morgan fingerprint density at radius 2 is 1.88 bits per heavy atom. The smallest absolute Gasteiger partial charge is 0.162 e. The number of Topliss-reactive ketones (excluding diaryl/α,β-unsaturated/α-hetero) is 1. The van der Waals surface area contributed by atoms with Crippen LogP contribution in [0.5, 0.6) is 11.5 Å². The number of para-hydroxylation sites is 1. The summed E-state index contributed by atoms with van der Waals surface area (Å²) in [5, 5.41) is 13.2. The first kappa shape index (κ1) is 18.0. The molecule has 2 aromatic carbocycles. The van der Waals surface area contributed by atoms with Crippen LogP contribution in [-0.4, -0.2) is 30.1 Å². The standard InChI is InChI=1S/C20H25NO3/c1-3-19(22)16-8-10-18(11-9-16)24-13-12-21-15(2)14-17-6-4-5-7-20(17)23/h4-11,15,21,23H,3,12-14H2,1-2H3. The molecule has 0 saturated heterocycles. The van der Waals surface area contributed by atoms with E-state index in [2.05, 4.69) is 12.2 Å². The molecule has 0 aliphatic heterocycles. The van der Waals surface area contributed by atoms with Gasteiger partial charge in [-0.25, -0.2) is 0 Å². The highest BCUT2D eigenvalue weighted by Crippen LogP contribution is 2.17. The van der Waals surface area contributed by atoms with Gasteiger partial charge >= 0.3 is 0 Å². The molecule has 128 valence electrons. The Kier molecular flexibility index (Phi) is 6.82. The van der Waals surface area contributed by atoms with Crippen LogP contribution < -0.4 is 10.1 Å². The molecule has 1 atom stereocenters. The van der Waals surface area contributed by atoms with E-state index in [9.17, 15) is 9.90 Å². The number of nitrogens with one attached hydrogen (secondary N) is 1. The van der Waals surface area contributed by atoms with Crippen molar-refractivity contribution in [2.75, 3.05) is 13.2 Å². The number of phenolic OH excluding ortho intramolecular Hbond substituents is 1. The monoisotopic (exact) mass is 327 g/mol. The van der Waals surface area contributed by atoms with Crippen molar-refractivity contribution in [1.29, 1.82) is 0 Å². The second-order valence-corrected chi connectivity index (χ2v) is 5.84. The first-order valence-corrected chi connectivity index (χ1v) is 8.36. The minimum Gasteiger partial charge on any atom is -0.508 e. The van der Waals surface area contributed by atoms with E-state index < -0.39 is 0 Å². The van der Waals surface area contributed by atoms with Crippen molar-refractivity contribution in [3.63, 3.8) is 0 Å². The molecular formula is C20H25NO3. The maximum Gasteiger partial charge on any atom is 0.162 e. The summed E-state index contributed by atoms with van der Waals surface area (Å²) in [6.45, 7) is 5.20. The van der Waals surface area contributed by atoms with Crippen LogP contribution in [0.4, 0.5) is 0 Å². The van der Waals surface area contributed by atoms with Crippen LogP contribution in [0.1, 0.15) is 36.2 Å². The molecule has 0 aliphatic carbocycles. The molecule has 4 heteroatoms. The zero-order chi connectivity index (χ0) is 17.4. The zero-order valence-electron chi connectivity index (χ0n) is 14.3. The van der Waals surface area contributed by atoms with Gasteiger partial charge in [0.05, 0.1) is 0 Å². The van der Waals surface area contributed by atoms with Gasteiger partial charge in [0.2, 0.25) is 0 Å². The summed E-state index contributed by atoms with van der Waals surface area (Å²) in [5.74, 6) is 1.24. The van der Waals surface area contributed by atoms with Gasteiger partial charge < -0.3 is 15.2 Å². The van der Waals surface area contributed by atoms with Gasteiger partial charge in [0.15, 0.2) is 5.78 Å². The van der Waals surface area contributed by atoms with Gasteiger partial charge in [-0.15, -0.1) is 0 Å². The molecule has 2 N–H and O–H groups in total. The predicted octanol–water partition coefficient (Wildman–Crippen LogP) is 3.58. The second kappa shape index (κ2) is 9.08. The Labute approximate surface area is 143 Å². The maximum atomic E-state index is 11.6. The van der Waals surface area contributed by atoms with E-state index in [-0.39, 0.29) is 11.8 Å². The number of hydrogen-bond donors (Lipinski definition) is 2. The highest BCUT2D eigenvalue weighted by Gasteiger charge is 2.06. The van der Waals surface area contributed by atoms with Crippen molar-refractivity contribution in [2.24, 2.45) is 0 Å². The van der Waals surface area contributed by atoms with Crippen molar-refractivity contribution >= 4 is 5.78 Å². The van der Waals surface area contributed by atoms with Crippen molar-refractivity contribution in [1.82, 2.24) is 5.32 Å². The van der Waals surface area contributed by atoms with E-state index in [1.54, 1.807) is 18.2 Å². The minimum absolute atomic E-state index is 0.140. The van der Waals surface area contributed by atoms with Crippen molar-refractivity contribution in [2.45, 2.75) is 32.7 Å². The maximum absolute atomic E-state index is 11.6. The summed E-state index contributed by atoms with van der Waals surface area (Å²) < 4.78 is 5.68. The molecule has 0 radical (unpaired) electrons. The van der Waals surface area contributed by atoms with Crippen LogP contribution in [0.15, 0.2) is 48.5 Å². The van der Waals surface area contributed by atoms with E-state index in [1.165, 1.54) is 0 Å².